The number of rotatable bonds is 4. The average Bonchev–Trinajstić information content (AvgIpc) is 3.22. The molecule has 5 nitrogen and oxygen atoms in total. The van der Waals surface area contributed by atoms with Crippen molar-refractivity contribution in [2.24, 2.45) is 0 Å². The van der Waals surface area contributed by atoms with Crippen LogP contribution < -0.4 is 0 Å². The Morgan fingerprint density at radius 1 is 1.04 bits per heavy atom. The molecule has 5 heteroatoms. The lowest BCUT2D eigenvalue weighted by atomic mass is 9.89. The molecule has 1 aliphatic heterocycles. The van der Waals surface area contributed by atoms with Gasteiger partial charge in [-0.1, -0.05) is 19.3 Å². The normalized spacial score (nSPS) is 22.6. The smallest absolute Gasteiger partial charge is 0.131 e. The van der Waals surface area contributed by atoms with Crippen LogP contribution in [0.3, 0.4) is 0 Å². The number of hydrogen-bond acceptors (Lipinski definition) is 4. The fraction of sp³-hybridized carbons (Fsp3) is 0.650. The van der Waals surface area contributed by atoms with E-state index in [9.17, 15) is 0 Å². The molecule has 4 rings (SSSR count). The van der Waals surface area contributed by atoms with Crippen molar-refractivity contribution in [2.75, 3.05) is 13.1 Å². The average molecular weight is 339 g/mol. The highest BCUT2D eigenvalue weighted by molar-refractivity contribution is 5.10. The number of nitrogens with zero attached hydrogens (tertiary/aromatic N) is 5. The number of aryl methyl sites for hydroxylation is 2. The molecule has 3 heterocycles. The summed E-state index contributed by atoms with van der Waals surface area (Å²) in [6.45, 7) is 7.35. The van der Waals surface area contributed by atoms with Gasteiger partial charge in [0.15, 0.2) is 0 Å². The van der Waals surface area contributed by atoms with Crippen molar-refractivity contribution >= 4 is 0 Å². The highest BCUT2D eigenvalue weighted by atomic mass is 15.3. The van der Waals surface area contributed by atoms with Gasteiger partial charge in [-0.05, 0) is 39.2 Å². The quantitative estimate of drug-likeness (QED) is 0.850. The second-order valence-electron chi connectivity index (χ2n) is 7.83. The van der Waals surface area contributed by atoms with Gasteiger partial charge in [0, 0.05) is 49.2 Å². The van der Waals surface area contributed by atoms with Gasteiger partial charge >= 0.3 is 0 Å². The van der Waals surface area contributed by atoms with Gasteiger partial charge in [0.2, 0.25) is 0 Å². The zero-order chi connectivity index (χ0) is 17.2. The van der Waals surface area contributed by atoms with E-state index in [4.69, 9.17) is 0 Å². The summed E-state index contributed by atoms with van der Waals surface area (Å²) in [4.78, 5) is 11.9. The maximum absolute atomic E-state index is 4.68. The SMILES string of the molecule is Cc1cc(C)n([C@@H]2CCN(Cc3cnc(C4CCCCC4)nc3)C2)n1. The van der Waals surface area contributed by atoms with Crippen molar-refractivity contribution in [3.8, 4) is 0 Å². The van der Waals surface area contributed by atoms with Crippen LogP contribution in [-0.4, -0.2) is 37.7 Å². The van der Waals surface area contributed by atoms with Gasteiger partial charge < -0.3 is 0 Å². The van der Waals surface area contributed by atoms with Crippen LogP contribution in [0.2, 0.25) is 0 Å². The van der Waals surface area contributed by atoms with E-state index in [-0.39, 0.29) is 0 Å². The van der Waals surface area contributed by atoms with Crippen molar-refractivity contribution in [1.29, 1.82) is 0 Å². The van der Waals surface area contributed by atoms with E-state index in [0.29, 0.717) is 12.0 Å². The second kappa shape index (κ2) is 7.24. The Kier molecular flexibility index (Phi) is 4.84. The molecule has 1 atom stereocenters. The van der Waals surface area contributed by atoms with Gasteiger partial charge in [-0.3, -0.25) is 9.58 Å². The topological polar surface area (TPSA) is 46.8 Å². The first-order chi connectivity index (χ1) is 12.2. The molecule has 2 fully saturated rings. The van der Waals surface area contributed by atoms with Crippen LogP contribution in [0.4, 0.5) is 0 Å². The Hall–Kier alpha value is -1.75. The minimum Gasteiger partial charge on any atom is -0.297 e. The molecule has 0 radical (unpaired) electrons. The van der Waals surface area contributed by atoms with Crippen molar-refractivity contribution in [1.82, 2.24) is 24.6 Å². The van der Waals surface area contributed by atoms with Crippen LogP contribution in [0.1, 0.15) is 73.3 Å². The molecule has 0 N–H and O–H groups in total. The molecule has 134 valence electrons. The summed E-state index contributed by atoms with van der Waals surface area (Å²) in [6, 6.07) is 2.66. The Balaban J connectivity index is 1.35. The van der Waals surface area contributed by atoms with Crippen LogP contribution in [0, 0.1) is 13.8 Å². The zero-order valence-electron chi connectivity index (χ0n) is 15.5. The van der Waals surface area contributed by atoms with E-state index in [1.165, 1.54) is 49.8 Å². The molecule has 0 aromatic carbocycles. The van der Waals surface area contributed by atoms with Gasteiger partial charge in [0.1, 0.15) is 5.82 Å². The summed E-state index contributed by atoms with van der Waals surface area (Å²) in [7, 11) is 0. The zero-order valence-corrected chi connectivity index (χ0v) is 15.5. The summed E-state index contributed by atoms with van der Waals surface area (Å²) in [5, 5.41) is 4.66. The molecule has 2 aliphatic rings. The molecule has 0 amide bonds. The predicted octanol–water partition coefficient (Wildman–Crippen LogP) is 3.78. The first-order valence-electron chi connectivity index (χ1n) is 9.75. The summed E-state index contributed by atoms with van der Waals surface area (Å²) < 4.78 is 2.21. The largest absolute Gasteiger partial charge is 0.297 e. The minimum atomic E-state index is 0.496. The first-order valence-corrected chi connectivity index (χ1v) is 9.75. The van der Waals surface area contributed by atoms with Crippen LogP contribution >= 0.6 is 0 Å². The van der Waals surface area contributed by atoms with Crippen molar-refractivity contribution in [3.63, 3.8) is 0 Å². The molecule has 2 aromatic heterocycles. The molecule has 25 heavy (non-hydrogen) atoms. The summed E-state index contributed by atoms with van der Waals surface area (Å²) in [6.07, 6.45) is 11.8. The predicted molar refractivity (Wildman–Crippen MR) is 98.5 cm³/mol. The van der Waals surface area contributed by atoms with Crippen molar-refractivity contribution in [2.45, 2.75) is 70.9 Å². The summed E-state index contributed by atoms with van der Waals surface area (Å²) in [5.41, 5.74) is 3.61. The van der Waals surface area contributed by atoms with E-state index in [1.54, 1.807) is 0 Å². The third kappa shape index (κ3) is 3.76. The molecule has 0 spiro atoms. The highest BCUT2D eigenvalue weighted by Gasteiger charge is 2.26. The molecular formula is C20H29N5. The van der Waals surface area contributed by atoms with E-state index in [0.717, 1.165) is 31.2 Å². The van der Waals surface area contributed by atoms with E-state index >= 15 is 0 Å². The molecule has 0 bridgehead atoms. The standard InChI is InChI=1S/C20H29N5/c1-15-10-16(2)25(23-15)19-8-9-24(14-19)13-17-11-21-20(22-12-17)18-6-4-3-5-7-18/h10-12,18-19H,3-9,13-14H2,1-2H3/t19-/m1/s1. The molecule has 2 aromatic rings. The maximum Gasteiger partial charge on any atom is 0.131 e. The summed E-state index contributed by atoms with van der Waals surface area (Å²) in [5.74, 6) is 1.65. The van der Waals surface area contributed by atoms with Gasteiger partial charge in [-0.2, -0.15) is 5.10 Å². The summed E-state index contributed by atoms with van der Waals surface area (Å²) >= 11 is 0. The van der Waals surface area contributed by atoms with Crippen LogP contribution in [0.25, 0.3) is 0 Å². The molecule has 1 aliphatic carbocycles. The third-order valence-corrected chi connectivity index (χ3v) is 5.74. The lowest BCUT2D eigenvalue weighted by Crippen LogP contribution is -2.22. The van der Waals surface area contributed by atoms with Gasteiger partial charge in [-0.25, -0.2) is 9.97 Å². The lowest BCUT2D eigenvalue weighted by Gasteiger charge is -2.20. The Labute approximate surface area is 150 Å². The van der Waals surface area contributed by atoms with Crippen LogP contribution in [-0.2, 0) is 6.54 Å². The number of likely N-dealkylation sites (tertiary alicyclic amines) is 1. The Morgan fingerprint density at radius 2 is 1.80 bits per heavy atom. The van der Waals surface area contributed by atoms with Crippen molar-refractivity contribution in [3.05, 3.63) is 41.2 Å². The second-order valence-corrected chi connectivity index (χ2v) is 7.83. The molecule has 1 saturated carbocycles. The fourth-order valence-electron chi connectivity index (χ4n) is 4.45. The minimum absolute atomic E-state index is 0.496. The molecule has 1 saturated heterocycles. The Morgan fingerprint density at radius 3 is 2.48 bits per heavy atom. The van der Waals surface area contributed by atoms with Crippen LogP contribution in [0.5, 0.6) is 0 Å². The Bertz CT molecular complexity index is 699. The van der Waals surface area contributed by atoms with Crippen molar-refractivity contribution < 1.29 is 0 Å². The molecular weight excluding hydrogens is 310 g/mol. The fourth-order valence-corrected chi connectivity index (χ4v) is 4.45. The van der Waals surface area contributed by atoms with Crippen LogP contribution in [0.15, 0.2) is 18.5 Å². The highest BCUT2D eigenvalue weighted by Crippen LogP contribution is 2.30. The van der Waals surface area contributed by atoms with E-state index in [2.05, 4.69) is 44.6 Å². The first kappa shape index (κ1) is 16.7. The van der Waals surface area contributed by atoms with Gasteiger partial charge in [0.05, 0.1) is 11.7 Å². The van der Waals surface area contributed by atoms with E-state index in [1.807, 2.05) is 12.4 Å². The van der Waals surface area contributed by atoms with E-state index < -0.39 is 0 Å². The lowest BCUT2D eigenvalue weighted by molar-refractivity contribution is 0.309. The maximum atomic E-state index is 4.68. The molecule has 0 unspecified atom stereocenters. The third-order valence-electron chi connectivity index (χ3n) is 5.74. The van der Waals surface area contributed by atoms with Gasteiger partial charge in [-0.15, -0.1) is 0 Å². The van der Waals surface area contributed by atoms with Gasteiger partial charge in [0.25, 0.3) is 0 Å². The monoisotopic (exact) mass is 339 g/mol. The number of aromatic nitrogens is 4. The number of hydrogen-bond donors (Lipinski definition) is 0.